The van der Waals surface area contributed by atoms with Crippen LogP contribution in [0.15, 0.2) is 58.5 Å². The highest BCUT2D eigenvalue weighted by Gasteiger charge is 2.33. The van der Waals surface area contributed by atoms with Crippen molar-refractivity contribution in [3.05, 3.63) is 69.7 Å². The van der Waals surface area contributed by atoms with Gasteiger partial charge in [0.2, 0.25) is 0 Å². The van der Waals surface area contributed by atoms with E-state index in [4.69, 9.17) is 27.9 Å². The zero-order chi connectivity index (χ0) is 21.1. The number of rotatable bonds is 10. The number of hydrogen-bond acceptors (Lipinski definition) is 4. The maximum Gasteiger partial charge on any atom is 0.333 e. The van der Waals surface area contributed by atoms with E-state index in [1.807, 2.05) is 49.5 Å². The average Bonchev–Trinajstić information content (AvgIpc) is 2.71. The molecule has 6 heteroatoms. The van der Waals surface area contributed by atoms with Gasteiger partial charge in [-0.05, 0) is 68.5 Å². The van der Waals surface area contributed by atoms with Gasteiger partial charge in [0, 0.05) is 29.0 Å². The van der Waals surface area contributed by atoms with Crippen LogP contribution in [0.2, 0.25) is 10.0 Å². The smallest absolute Gasteiger partial charge is 0.333 e. The number of carbonyl (C=O) groups excluding carboxylic acids is 1. The fourth-order valence-corrected chi connectivity index (χ4v) is 2.91. The number of esters is 1. The molecule has 29 heavy (non-hydrogen) atoms. The van der Waals surface area contributed by atoms with E-state index in [-0.39, 0.29) is 5.97 Å². The lowest BCUT2D eigenvalue weighted by Gasteiger charge is -2.22. The predicted molar refractivity (Wildman–Crippen MR) is 122 cm³/mol. The van der Waals surface area contributed by atoms with Gasteiger partial charge in [-0.25, -0.2) is 4.79 Å². The normalized spacial score (nSPS) is 13.7. The maximum atomic E-state index is 12.5. The summed E-state index contributed by atoms with van der Waals surface area (Å²) in [4.78, 5) is 21.5. The Kier molecular flexibility index (Phi) is 9.36. The second kappa shape index (κ2) is 11.7. The van der Waals surface area contributed by atoms with Crippen molar-refractivity contribution in [2.75, 3.05) is 13.2 Å². The van der Waals surface area contributed by atoms with Crippen LogP contribution in [0.4, 0.5) is 0 Å². The molecule has 2 aromatic rings. The van der Waals surface area contributed by atoms with Crippen molar-refractivity contribution in [1.82, 2.24) is 0 Å². The van der Waals surface area contributed by atoms with Gasteiger partial charge in [-0.15, -0.1) is 0 Å². The van der Waals surface area contributed by atoms with Crippen molar-refractivity contribution in [2.24, 2.45) is 9.98 Å². The number of unbranched alkanes of at least 4 members (excludes halogenated alkanes) is 1. The SMILES string of the molecule is CCOC(=O)C(C)(CCCCN=Cc1ccc(Cl)cc1)N=Cc1ccc(Cl)cc1. The predicted octanol–water partition coefficient (Wildman–Crippen LogP) is 6.02. The van der Waals surface area contributed by atoms with Crippen LogP contribution in [-0.4, -0.2) is 37.1 Å². The van der Waals surface area contributed by atoms with Crippen molar-refractivity contribution < 1.29 is 9.53 Å². The summed E-state index contributed by atoms with van der Waals surface area (Å²) in [5.41, 5.74) is 0.978. The van der Waals surface area contributed by atoms with Gasteiger partial charge < -0.3 is 4.74 Å². The summed E-state index contributed by atoms with van der Waals surface area (Å²) in [6, 6.07) is 14.8. The lowest BCUT2D eigenvalue weighted by Crippen LogP contribution is -2.35. The van der Waals surface area contributed by atoms with E-state index in [9.17, 15) is 4.79 Å². The van der Waals surface area contributed by atoms with Crippen LogP contribution in [-0.2, 0) is 9.53 Å². The van der Waals surface area contributed by atoms with E-state index in [0.717, 1.165) is 24.0 Å². The first-order valence-corrected chi connectivity index (χ1v) is 10.4. The Labute approximate surface area is 182 Å². The van der Waals surface area contributed by atoms with Gasteiger partial charge in [0.25, 0.3) is 0 Å². The number of hydrogen-bond donors (Lipinski definition) is 0. The summed E-state index contributed by atoms with van der Waals surface area (Å²) < 4.78 is 5.25. The van der Waals surface area contributed by atoms with E-state index >= 15 is 0 Å². The molecule has 0 saturated carbocycles. The quantitative estimate of drug-likeness (QED) is 0.261. The molecular weight excluding hydrogens is 407 g/mol. The van der Waals surface area contributed by atoms with Gasteiger partial charge in [0.15, 0.2) is 5.54 Å². The topological polar surface area (TPSA) is 51.0 Å². The Morgan fingerprint density at radius 3 is 2.07 bits per heavy atom. The van der Waals surface area contributed by atoms with Gasteiger partial charge in [0.05, 0.1) is 6.61 Å². The third-order valence-electron chi connectivity index (χ3n) is 4.39. The highest BCUT2D eigenvalue weighted by atomic mass is 35.5. The second-order valence-corrected chi connectivity index (χ2v) is 7.72. The number of nitrogens with zero attached hydrogens (tertiary/aromatic N) is 2. The lowest BCUT2D eigenvalue weighted by atomic mass is 9.95. The lowest BCUT2D eigenvalue weighted by molar-refractivity contribution is -0.149. The summed E-state index contributed by atoms with van der Waals surface area (Å²) in [6.07, 6.45) is 5.79. The minimum absolute atomic E-state index is 0.310. The number of halogens is 2. The van der Waals surface area contributed by atoms with Gasteiger partial charge in [-0.1, -0.05) is 47.5 Å². The molecule has 0 spiro atoms. The van der Waals surface area contributed by atoms with Gasteiger partial charge in [-0.3, -0.25) is 9.98 Å². The molecule has 1 unspecified atom stereocenters. The van der Waals surface area contributed by atoms with E-state index in [2.05, 4.69) is 9.98 Å². The Hall–Kier alpha value is -2.17. The number of benzene rings is 2. The minimum Gasteiger partial charge on any atom is -0.464 e. The van der Waals surface area contributed by atoms with Gasteiger partial charge >= 0.3 is 5.97 Å². The standard InChI is InChI=1S/C23H26Cl2N2O2/c1-3-29-22(28)23(2,27-17-19-8-12-21(25)13-9-19)14-4-5-15-26-16-18-6-10-20(24)11-7-18/h6-13,16-17H,3-5,14-15H2,1-2H3. The fraction of sp³-hybridized carbons (Fsp3) is 0.348. The molecule has 4 nitrogen and oxygen atoms in total. The first-order chi connectivity index (χ1) is 13.9. The molecule has 0 radical (unpaired) electrons. The Morgan fingerprint density at radius 1 is 0.966 bits per heavy atom. The molecule has 0 aliphatic carbocycles. The van der Waals surface area contributed by atoms with Crippen molar-refractivity contribution >= 4 is 41.6 Å². The molecule has 0 aromatic heterocycles. The van der Waals surface area contributed by atoms with Crippen molar-refractivity contribution in [2.45, 2.75) is 38.6 Å². The molecule has 0 amide bonds. The summed E-state index contributed by atoms with van der Waals surface area (Å²) in [5.74, 6) is -0.310. The second-order valence-electron chi connectivity index (χ2n) is 6.85. The number of carbonyl (C=O) groups is 1. The molecule has 0 aliphatic heterocycles. The average molecular weight is 433 g/mol. The van der Waals surface area contributed by atoms with Crippen LogP contribution in [0.1, 0.15) is 44.2 Å². The summed E-state index contributed by atoms with van der Waals surface area (Å²) in [5, 5.41) is 1.37. The molecule has 154 valence electrons. The van der Waals surface area contributed by atoms with Crippen molar-refractivity contribution in [3.63, 3.8) is 0 Å². The maximum absolute atomic E-state index is 12.5. The number of aliphatic imine (C=N–C) groups is 2. The Balaban J connectivity index is 1.90. The van der Waals surface area contributed by atoms with Crippen LogP contribution in [0.5, 0.6) is 0 Å². The van der Waals surface area contributed by atoms with Crippen molar-refractivity contribution in [3.8, 4) is 0 Å². The summed E-state index contributed by atoms with van der Waals surface area (Å²) >= 11 is 11.8. The molecule has 0 heterocycles. The first kappa shape index (κ1) is 23.1. The van der Waals surface area contributed by atoms with Crippen LogP contribution < -0.4 is 0 Å². The minimum atomic E-state index is -0.921. The van der Waals surface area contributed by atoms with Crippen LogP contribution >= 0.6 is 23.2 Å². The van der Waals surface area contributed by atoms with Gasteiger partial charge in [0.1, 0.15) is 0 Å². The van der Waals surface area contributed by atoms with Gasteiger partial charge in [-0.2, -0.15) is 0 Å². The molecule has 0 N–H and O–H groups in total. The molecule has 1 atom stereocenters. The zero-order valence-electron chi connectivity index (χ0n) is 16.8. The van der Waals surface area contributed by atoms with Crippen LogP contribution in [0.3, 0.4) is 0 Å². The molecule has 2 rings (SSSR count). The third kappa shape index (κ3) is 8.00. The Morgan fingerprint density at radius 2 is 1.52 bits per heavy atom. The van der Waals surface area contributed by atoms with E-state index in [1.165, 1.54) is 0 Å². The highest BCUT2D eigenvalue weighted by Crippen LogP contribution is 2.21. The third-order valence-corrected chi connectivity index (χ3v) is 4.90. The molecule has 0 fully saturated rings. The highest BCUT2D eigenvalue weighted by molar-refractivity contribution is 6.30. The van der Waals surface area contributed by atoms with E-state index in [1.54, 1.807) is 25.3 Å². The zero-order valence-corrected chi connectivity index (χ0v) is 18.3. The molecular formula is C23H26Cl2N2O2. The van der Waals surface area contributed by atoms with Crippen LogP contribution in [0, 0.1) is 0 Å². The largest absolute Gasteiger partial charge is 0.464 e. The summed E-state index contributed by atoms with van der Waals surface area (Å²) in [7, 11) is 0. The van der Waals surface area contributed by atoms with E-state index in [0.29, 0.717) is 29.6 Å². The molecule has 2 aromatic carbocycles. The molecule has 0 aliphatic rings. The monoisotopic (exact) mass is 432 g/mol. The van der Waals surface area contributed by atoms with E-state index < -0.39 is 5.54 Å². The summed E-state index contributed by atoms with van der Waals surface area (Å²) in [6.45, 7) is 4.62. The first-order valence-electron chi connectivity index (χ1n) is 9.66. The van der Waals surface area contributed by atoms with Crippen molar-refractivity contribution in [1.29, 1.82) is 0 Å². The fourth-order valence-electron chi connectivity index (χ4n) is 2.66. The van der Waals surface area contributed by atoms with Crippen LogP contribution in [0.25, 0.3) is 0 Å². The molecule has 0 saturated heterocycles. The number of ether oxygens (including phenoxy) is 1. The molecule has 0 bridgehead atoms. The Bertz CT molecular complexity index is 833.